The summed E-state index contributed by atoms with van der Waals surface area (Å²) < 4.78 is 26.2. The lowest BCUT2D eigenvalue weighted by molar-refractivity contribution is 0.0969. The Balaban J connectivity index is 2.16. The van der Waals surface area contributed by atoms with Crippen molar-refractivity contribution in [1.82, 2.24) is 4.90 Å². The molecule has 2 nitrogen and oxygen atoms in total. The van der Waals surface area contributed by atoms with Crippen LogP contribution in [0, 0.1) is 11.6 Å². The van der Waals surface area contributed by atoms with Crippen LogP contribution in [0.25, 0.3) is 0 Å². The first kappa shape index (κ1) is 14.4. The smallest absolute Gasteiger partial charge is 0.159 e. The van der Waals surface area contributed by atoms with Gasteiger partial charge >= 0.3 is 0 Å². The van der Waals surface area contributed by atoms with E-state index in [-0.39, 0.29) is 5.54 Å². The molecule has 0 unspecified atom stereocenters. The van der Waals surface area contributed by atoms with Crippen LogP contribution in [-0.2, 0) is 6.54 Å². The lowest BCUT2D eigenvalue weighted by Gasteiger charge is -2.40. The molecule has 1 saturated carbocycles. The number of hydrogen-bond donors (Lipinski definition) is 1. The molecule has 0 aromatic heterocycles. The Morgan fingerprint density at radius 3 is 2.42 bits per heavy atom. The largest absolute Gasteiger partial charge is 0.329 e. The molecule has 106 valence electrons. The third-order valence-electron chi connectivity index (χ3n) is 4.32. The molecule has 19 heavy (non-hydrogen) atoms. The van der Waals surface area contributed by atoms with Gasteiger partial charge in [-0.2, -0.15) is 0 Å². The molecule has 0 aliphatic heterocycles. The van der Waals surface area contributed by atoms with Crippen LogP contribution in [0.15, 0.2) is 18.2 Å². The van der Waals surface area contributed by atoms with Crippen LogP contribution in [0.5, 0.6) is 0 Å². The van der Waals surface area contributed by atoms with Gasteiger partial charge in [0.05, 0.1) is 0 Å². The first-order chi connectivity index (χ1) is 9.11. The molecule has 2 rings (SSSR count). The Morgan fingerprint density at radius 1 is 1.21 bits per heavy atom. The van der Waals surface area contributed by atoms with Crippen molar-refractivity contribution in [3.05, 3.63) is 35.4 Å². The second kappa shape index (κ2) is 5.97. The fraction of sp³-hybridized carbons (Fsp3) is 0.600. The van der Waals surface area contributed by atoms with Crippen LogP contribution in [-0.4, -0.2) is 23.5 Å². The second-order valence-corrected chi connectivity index (χ2v) is 5.40. The third-order valence-corrected chi connectivity index (χ3v) is 4.32. The number of nitrogens with zero attached hydrogens (tertiary/aromatic N) is 1. The highest BCUT2D eigenvalue weighted by molar-refractivity contribution is 5.18. The van der Waals surface area contributed by atoms with Crippen molar-refractivity contribution >= 4 is 0 Å². The van der Waals surface area contributed by atoms with Gasteiger partial charge in [0.2, 0.25) is 0 Å². The quantitative estimate of drug-likeness (QED) is 0.889. The molecule has 0 atom stereocenters. The summed E-state index contributed by atoms with van der Waals surface area (Å²) in [6.07, 6.45) is 4.60. The monoisotopic (exact) mass is 268 g/mol. The van der Waals surface area contributed by atoms with E-state index in [2.05, 4.69) is 11.8 Å². The summed E-state index contributed by atoms with van der Waals surface area (Å²) in [6, 6.07) is 4.14. The molecule has 1 aliphatic carbocycles. The zero-order valence-corrected chi connectivity index (χ0v) is 11.5. The van der Waals surface area contributed by atoms with Gasteiger partial charge < -0.3 is 5.73 Å². The Bertz CT molecular complexity index is 428. The summed E-state index contributed by atoms with van der Waals surface area (Å²) in [5.41, 5.74) is 6.82. The minimum absolute atomic E-state index is 0.0413. The lowest BCUT2D eigenvalue weighted by Crippen LogP contribution is -2.51. The van der Waals surface area contributed by atoms with E-state index in [0.29, 0.717) is 13.1 Å². The van der Waals surface area contributed by atoms with Crippen molar-refractivity contribution < 1.29 is 8.78 Å². The van der Waals surface area contributed by atoms with E-state index in [0.717, 1.165) is 24.9 Å². The molecule has 1 aromatic carbocycles. The third kappa shape index (κ3) is 2.95. The van der Waals surface area contributed by atoms with Crippen LogP contribution in [0.2, 0.25) is 0 Å². The van der Waals surface area contributed by atoms with Gasteiger partial charge in [-0.05, 0) is 37.1 Å². The van der Waals surface area contributed by atoms with Crippen molar-refractivity contribution in [2.45, 2.75) is 44.7 Å². The second-order valence-electron chi connectivity index (χ2n) is 5.40. The molecule has 0 radical (unpaired) electrons. The molecule has 4 heteroatoms. The average molecular weight is 268 g/mol. The molecule has 0 saturated heterocycles. The molecular formula is C15H22F2N2. The molecule has 0 heterocycles. The minimum Gasteiger partial charge on any atom is -0.329 e. The van der Waals surface area contributed by atoms with Crippen LogP contribution < -0.4 is 5.73 Å². The number of rotatable bonds is 5. The summed E-state index contributed by atoms with van der Waals surface area (Å²) in [4.78, 5) is 2.31. The van der Waals surface area contributed by atoms with E-state index >= 15 is 0 Å². The molecule has 0 amide bonds. The Labute approximate surface area is 113 Å². The first-order valence-corrected chi connectivity index (χ1v) is 7.00. The lowest BCUT2D eigenvalue weighted by atomic mass is 9.94. The molecule has 1 aliphatic rings. The standard InChI is InChI=1S/C15H22F2N2/c1-2-19(15(11-18)7-3-4-8-15)10-12-5-6-13(16)14(17)9-12/h5-6,9H,2-4,7-8,10-11,18H2,1H3. The fourth-order valence-electron chi connectivity index (χ4n) is 3.16. The highest BCUT2D eigenvalue weighted by Crippen LogP contribution is 2.35. The maximum Gasteiger partial charge on any atom is 0.159 e. The minimum atomic E-state index is -0.791. The predicted octanol–water partition coefficient (Wildman–Crippen LogP) is 3.06. The van der Waals surface area contributed by atoms with Crippen molar-refractivity contribution in [1.29, 1.82) is 0 Å². The van der Waals surface area contributed by atoms with Crippen LogP contribution >= 0.6 is 0 Å². The normalized spacial score (nSPS) is 18.2. The summed E-state index contributed by atoms with van der Waals surface area (Å²) in [7, 11) is 0. The summed E-state index contributed by atoms with van der Waals surface area (Å²) >= 11 is 0. The number of hydrogen-bond acceptors (Lipinski definition) is 2. The SMILES string of the molecule is CCN(Cc1ccc(F)c(F)c1)C1(CN)CCCC1. The first-order valence-electron chi connectivity index (χ1n) is 7.00. The van der Waals surface area contributed by atoms with Crippen molar-refractivity contribution in [2.75, 3.05) is 13.1 Å². The van der Waals surface area contributed by atoms with Gasteiger partial charge in [-0.1, -0.05) is 25.8 Å². The van der Waals surface area contributed by atoms with Gasteiger partial charge in [0.1, 0.15) is 0 Å². The fourth-order valence-corrected chi connectivity index (χ4v) is 3.16. The van der Waals surface area contributed by atoms with Crippen LogP contribution in [0.3, 0.4) is 0 Å². The molecule has 1 fully saturated rings. The maximum absolute atomic E-state index is 13.3. The van der Waals surface area contributed by atoms with Gasteiger partial charge in [-0.25, -0.2) is 8.78 Å². The van der Waals surface area contributed by atoms with Gasteiger partial charge in [0.15, 0.2) is 11.6 Å². The zero-order chi connectivity index (χ0) is 13.9. The molecule has 1 aromatic rings. The van der Waals surface area contributed by atoms with Crippen LogP contribution in [0.4, 0.5) is 8.78 Å². The maximum atomic E-state index is 13.3. The summed E-state index contributed by atoms with van der Waals surface area (Å²) in [5.74, 6) is -1.57. The van der Waals surface area contributed by atoms with E-state index < -0.39 is 11.6 Å². The Morgan fingerprint density at radius 2 is 1.89 bits per heavy atom. The molecule has 0 bridgehead atoms. The summed E-state index contributed by atoms with van der Waals surface area (Å²) in [5, 5.41) is 0. The Kier molecular flexibility index (Phi) is 4.53. The van der Waals surface area contributed by atoms with E-state index in [1.165, 1.54) is 25.0 Å². The molecule has 2 N–H and O–H groups in total. The highest BCUT2D eigenvalue weighted by atomic mass is 19.2. The van der Waals surface area contributed by atoms with E-state index in [4.69, 9.17) is 5.73 Å². The zero-order valence-electron chi connectivity index (χ0n) is 11.5. The van der Waals surface area contributed by atoms with E-state index in [1.54, 1.807) is 6.07 Å². The Hall–Kier alpha value is -1.00. The van der Waals surface area contributed by atoms with Gasteiger partial charge in [0.25, 0.3) is 0 Å². The molecule has 0 spiro atoms. The predicted molar refractivity (Wildman–Crippen MR) is 72.7 cm³/mol. The topological polar surface area (TPSA) is 29.3 Å². The van der Waals surface area contributed by atoms with Crippen LogP contribution in [0.1, 0.15) is 38.2 Å². The van der Waals surface area contributed by atoms with Gasteiger partial charge in [-0.15, -0.1) is 0 Å². The summed E-state index contributed by atoms with van der Waals surface area (Å²) in [6.45, 7) is 4.22. The van der Waals surface area contributed by atoms with Crippen molar-refractivity contribution in [3.8, 4) is 0 Å². The van der Waals surface area contributed by atoms with E-state index in [9.17, 15) is 8.78 Å². The number of halogens is 2. The van der Waals surface area contributed by atoms with Gasteiger partial charge in [0, 0.05) is 18.6 Å². The van der Waals surface area contributed by atoms with E-state index in [1.807, 2.05) is 0 Å². The number of likely N-dealkylation sites (N-methyl/N-ethyl adjacent to an activating group) is 1. The van der Waals surface area contributed by atoms with Gasteiger partial charge in [-0.3, -0.25) is 4.90 Å². The van der Waals surface area contributed by atoms with Crippen molar-refractivity contribution in [2.24, 2.45) is 5.73 Å². The van der Waals surface area contributed by atoms with Crippen molar-refractivity contribution in [3.63, 3.8) is 0 Å². The molecular weight excluding hydrogens is 246 g/mol. The number of nitrogens with two attached hydrogens (primary N) is 1. The highest BCUT2D eigenvalue weighted by Gasteiger charge is 2.37. The average Bonchev–Trinajstić information content (AvgIpc) is 2.90. The number of benzene rings is 1.